The van der Waals surface area contributed by atoms with Crippen LogP contribution in [0.1, 0.15) is 23.4 Å². The molecule has 5 rings (SSSR count). The largest absolute Gasteiger partial charge is 0.481 e. The number of nitrogens with two attached hydrogens (primary N) is 1. The second-order valence-corrected chi connectivity index (χ2v) is 8.70. The van der Waals surface area contributed by atoms with Gasteiger partial charge in [0.25, 0.3) is 0 Å². The van der Waals surface area contributed by atoms with Crippen LogP contribution in [0.2, 0.25) is 0 Å². The van der Waals surface area contributed by atoms with Crippen molar-refractivity contribution in [2.45, 2.75) is 19.5 Å². The van der Waals surface area contributed by atoms with Gasteiger partial charge in [0.2, 0.25) is 5.95 Å². The number of pyridine rings is 1. The Kier molecular flexibility index (Phi) is 6.38. The van der Waals surface area contributed by atoms with Crippen molar-refractivity contribution < 1.29 is 9.90 Å². The number of carboxylic acids is 1. The summed E-state index contributed by atoms with van der Waals surface area (Å²) in [6.45, 7) is 2.34. The smallest absolute Gasteiger partial charge is 0.307 e. The zero-order valence-electron chi connectivity index (χ0n) is 19.4. The molecule has 1 atom stereocenters. The Hall–Kier alpha value is -4.62. The van der Waals surface area contributed by atoms with E-state index in [0.717, 1.165) is 29.1 Å². The summed E-state index contributed by atoms with van der Waals surface area (Å²) in [5.41, 5.74) is 11.0. The van der Waals surface area contributed by atoms with E-state index in [1.807, 2.05) is 42.5 Å². The van der Waals surface area contributed by atoms with Crippen LogP contribution in [0, 0.1) is 18.3 Å². The molecule has 1 fully saturated rings. The molecule has 1 aromatic carbocycles. The first-order chi connectivity index (χ1) is 17.5. The molecule has 0 radical (unpaired) electrons. The molecule has 0 spiro atoms. The zero-order valence-corrected chi connectivity index (χ0v) is 19.4. The molecule has 0 amide bonds. The molecular weight excluding hydrogens is 456 g/mol. The molecule has 180 valence electrons. The van der Waals surface area contributed by atoms with Crippen molar-refractivity contribution in [1.29, 1.82) is 0 Å². The van der Waals surface area contributed by atoms with E-state index < -0.39 is 5.97 Å². The Labute approximate surface area is 207 Å². The summed E-state index contributed by atoms with van der Waals surface area (Å²) < 4.78 is 1.69. The van der Waals surface area contributed by atoms with E-state index in [1.165, 1.54) is 0 Å². The second kappa shape index (κ2) is 9.93. The van der Waals surface area contributed by atoms with Gasteiger partial charge in [-0.25, -0.2) is 14.6 Å². The Morgan fingerprint density at radius 3 is 2.61 bits per heavy atom. The van der Waals surface area contributed by atoms with Crippen molar-refractivity contribution >= 4 is 11.9 Å². The number of nitrogens with zero attached hydrogens (tertiary/aromatic N) is 7. The molecule has 36 heavy (non-hydrogen) atoms. The van der Waals surface area contributed by atoms with Crippen LogP contribution in [-0.2, 0) is 17.9 Å². The lowest BCUT2D eigenvalue weighted by Gasteiger charge is -2.15. The Balaban J connectivity index is 1.31. The number of hydrogen-bond donors (Lipinski definition) is 2. The second-order valence-electron chi connectivity index (χ2n) is 8.70. The van der Waals surface area contributed by atoms with E-state index in [2.05, 4.69) is 31.1 Å². The van der Waals surface area contributed by atoms with E-state index in [9.17, 15) is 9.90 Å². The summed E-state index contributed by atoms with van der Waals surface area (Å²) in [4.78, 5) is 26.7. The number of nitrogen functional groups attached to an aromatic ring is 1. The van der Waals surface area contributed by atoms with E-state index >= 15 is 0 Å². The minimum atomic E-state index is -0.736. The Bertz CT molecular complexity index is 1460. The Morgan fingerprint density at radius 1 is 1.06 bits per heavy atom. The van der Waals surface area contributed by atoms with Crippen LogP contribution in [0.4, 0.5) is 5.95 Å². The lowest BCUT2D eigenvalue weighted by molar-refractivity contribution is -0.141. The normalized spacial score (nSPS) is 15.6. The Morgan fingerprint density at radius 2 is 1.83 bits per heavy atom. The highest BCUT2D eigenvalue weighted by atomic mass is 16.4. The maximum absolute atomic E-state index is 11.2. The number of aromatic nitrogens is 6. The van der Waals surface area contributed by atoms with Gasteiger partial charge in [0.15, 0.2) is 0 Å². The maximum atomic E-state index is 11.2. The highest BCUT2D eigenvalue weighted by Crippen LogP contribution is 2.24. The SMILES string of the molecule is C#Cc1cccc(-c2cc(-c3cn(Cc4cccc(CN5CCC(C(=O)O)C5)n4)nn3)nc(N)n2)c1. The topological polar surface area (TPSA) is 136 Å². The van der Waals surface area contributed by atoms with Crippen LogP contribution in [0.3, 0.4) is 0 Å². The highest BCUT2D eigenvalue weighted by molar-refractivity contribution is 5.70. The molecule has 0 aliphatic carbocycles. The fourth-order valence-electron chi connectivity index (χ4n) is 4.28. The quantitative estimate of drug-likeness (QED) is 0.382. The molecule has 4 aromatic rings. The summed E-state index contributed by atoms with van der Waals surface area (Å²) in [6.07, 6.45) is 7.98. The van der Waals surface area contributed by atoms with Gasteiger partial charge in [0.05, 0.1) is 41.4 Å². The molecular formula is C26H24N8O2. The van der Waals surface area contributed by atoms with Crippen LogP contribution in [0.5, 0.6) is 0 Å². The van der Waals surface area contributed by atoms with Crippen LogP contribution in [0.15, 0.2) is 54.7 Å². The van der Waals surface area contributed by atoms with Crippen molar-refractivity contribution in [3.8, 4) is 35.0 Å². The standard InChI is InChI=1S/C26H24N8O2/c1-2-17-5-3-6-18(11-17)22-12-23(30-26(27)29-22)24-16-34(32-31-24)15-21-8-4-7-20(28-21)14-33-10-9-19(13-33)25(35)36/h1,3-8,11-12,16,19H,9-10,13-15H2,(H,35,36)(H2,27,29,30). The van der Waals surface area contributed by atoms with Crippen molar-refractivity contribution in [3.05, 3.63) is 71.7 Å². The van der Waals surface area contributed by atoms with Crippen molar-refractivity contribution in [2.24, 2.45) is 5.92 Å². The third-order valence-corrected chi connectivity index (χ3v) is 6.07. The molecule has 1 aliphatic rings. The number of carboxylic acid groups (broad SMARTS) is 1. The molecule has 1 saturated heterocycles. The van der Waals surface area contributed by atoms with Gasteiger partial charge in [-0.2, -0.15) is 0 Å². The van der Waals surface area contributed by atoms with E-state index in [-0.39, 0.29) is 11.9 Å². The number of aliphatic carboxylic acids is 1. The predicted molar refractivity (Wildman–Crippen MR) is 133 cm³/mol. The lowest BCUT2D eigenvalue weighted by Crippen LogP contribution is -2.23. The van der Waals surface area contributed by atoms with Crippen LogP contribution in [-0.4, -0.2) is 59.0 Å². The van der Waals surface area contributed by atoms with Gasteiger partial charge in [0.1, 0.15) is 5.69 Å². The van der Waals surface area contributed by atoms with Gasteiger partial charge in [-0.15, -0.1) is 11.5 Å². The summed E-state index contributed by atoms with van der Waals surface area (Å²) in [5, 5.41) is 17.7. The number of anilines is 1. The molecule has 1 unspecified atom stereocenters. The summed E-state index contributed by atoms with van der Waals surface area (Å²) in [7, 11) is 0. The fraction of sp³-hybridized carbons (Fsp3) is 0.231. The van der Waals surface area contributed by atoms with Crippen LogP contribution < -0.4 is 5.73 Å². The zero-order chi connectivity index (χ0) is 25.1. The third kappa shape index (κ3) is 5.21. The van der Waals surface area contributed by atoms with Gasteiger partial charge in [0, 0.05) is 24.2 Å². The molecule has 10 nitrogen and oxygen atoms in total. The first-order valence-corrected chi connectivity index (χ1v) is 11.5. The number of rotatable bonds is 7. The van der Waals surface area contributed by atoms with Gasteiger partial charge in [-0.3, -0.25) is 14.7 Å². The monoisotopic (exact) mass is 480 g/mol. The van der Waals surface area contributed by atoms with Crippen molar-refractivity contribution in [3.63, 3.8) is 0 Å². The number of likely N-dealkylation sites (tertiary alicyclic amines) is 1. The van der Waals surface area contributed by atoms with Gasteiger partial charge in [-0.1, -0.05) is 29.3 Å². The first kappa shape index (κ1) is 23.1. The lowest BCUT2D eigenvalue weighted by atomic mass is 10.1. The van der Waals surface area contributed by atoms with Gasteiger partial charge in [-0.05, 0) is 43.3 Å². The van der Waals surface area contributed by atoms with Gasteiger partial charge >= 0.3 is 5.97 Å². The molecule has 0 saturated carbocycles. The van der Waals surface area contributed by atoms with E-state index in [0.29, 0.717) is 43.1 Å². The fourth-order valence-corrected chi connectivity index (χ4v) is 4.28. The van der Waals surface area contributed by atoms with E-state index in [1.54, 1.807) is 16.9 Å². The number of carbonyl (C=O) groups is 1. The maximum Gasteiger partial charge on any atom is 0.307 e. The number of hydrogen-bond acceptors (Lipinski definition) is 8. The highest BCUT2D eigenvalue weighted by Gasteiger charge is 2.28. The number of benzene rings is 1. The number of terminal acetylenes is 1. The average molecular weight is 481 g/mol. The summed E-state index contributed by atoms with van der Waals surface area (Å²) >= 11 is 0. The third-order valence-electron chi connectivity index (χ3n) is 6.07. The van der Waals surface area contributed by atoms with Crippen molar-refractivity contribution in [2.75, 3.05) is 18.8 Å². The molecule has 1 aliphatic heterocycles. The van der Waals surface area contributed by atoms with E-state index in [4.69, 9.17) is 17.1 Å². The minimum absolute atomic E-state index is 0.129. The first-order valence-electron chi connectivity index (χ1n) is 11.5. The summed E-state index contributed by atoms with van der Waals surface area (Å²) in [5.74, 6) is 1.71. The van der Waals surface area contributed by atoms with Gasteiger partial charge < -0.3 is 10.8 Å². The summed E-state index contributed by atoms with van der Waals surface area (Å²) in [6, 6.07) is 15.1. The molecule has 3 N–H and O–H groups in total. The van der Waals surface area contributed by atoms with Crippen LogP contribution >= 0.6 is 0 Å². The predicted octanol–water partition coefficient (Wildman–Crippen LogP) is 2.32. The average Bonchev–Trinajstić information content (AvgIpc) is 3.54. The van der Waals surface area contributed by atoms with Crippen LogP contribution in [0.25, 0.3) is 22.6 Å². The molecule has 0 bridgehead atoms. The molecule has 4 heterocycles. The van der Waals surface area contributed by atoms with Crippen molar-refractivity contribution in [1.82, 2.24) is 34.8 Å². The minimum Gasteiger partial charge on any atom is -0.481 e. The molecule has 10 heteroatoms. The molecule has 3 aromatic heterocycles.